The van der Waals surface area contributed by atoms with E-state index in [1.165, 1.54) is 5.56 Å². The quantitative estimate of drug-likeness (QED) is 0.847. The molecule has 2 atom stereocenters. The van der Waals surface area contributed by atoms with E-state index in [0.29, 0.717) is 23.2 Å². The van der Waals surface area contributed by atoms with Crippen LogP contribution in [0.3, 0.4) is 0 Å². The fourth-order valence-electron chi connectivity index (χ4n) is 2.86. The van der Waals surface area contributed by atoms with Gasteiger partial charge in [-0.2, -0.15) is 5.10 Å². The molecule has 3 heteroatoms. The molecule has 1 aromatic rings. The van der Waals surface area contributed by atoms with Gasteiger partial charge in [-0.25, -0.2) is 0 Å². The van der Waals surface area contributed by atoms with Crippen molar-refractivity contribution in [3.8, 4) is 0 Å². The van der Waals surface area contributed by atoms with Crippen molar-refractivity contribution >= 4 is 0 Å². The van der Waals surface area contributed by atoms with E-state index in [1.807, 2.05) is 6.20 Å². The van der Waals surface area contributed by atoms with E-state index < -0.39 is 0 Å². The highest BCUT2D eigenvalue weighted by Crippen LogP contribution is 2.63. The van der Waals surface area contributed by atoms with Gasteiger partial charge in [0.25, 0.3) is 0 Å². The summed E-state index contributed by atoms with van der Waals surface area (Å²) in [4.78, 5) is 0. The molecule has 1 aromatic heterocycles. The Morgan fingerprint density at radius 3 is 2.69 bits per heavy atom. The SMILES string of the molecule is CC(C)Cn1cc([C@@H]2[C@@H](CN)C2(C)C)cn1. The summed E-state index contributed by atoms with van der Waals surface area (Å²) in [6, 6.07) is 0. The molecule has 90 valence electrons. The van der Waals surface area contributed by atoms with Gasteiger partial charge in [0.15, 0.2) is 0 Å². The Balaban J connectivity index is 2.09. The first-order valence-electron chi connectivity index (χ1n) is 6.19. The molecule has 0 aliphatic heterocycles. The zero-order chi connectivity index (χ0) is 11.9. The lowest BCUT2D eigenvalue weighted by Gasteiger charge is -2.03. The summed E-state index contributed by atoms with van der Waals surface area (Å²) < 4.78 is 2.06. The van der Waals surface area contributed by atoms with Gasteiger partial charge in [-0.05, 0) is 35.3 Å². The van der Waals surface area contributed by atoms with Crippen LogP contribution in [0, 0.1) is 17.3 Å². The van der Waals surface area contributed by atoms with E-state index in [0.717, 1.165) is 13.1 Å². The van der Waals surface area contributed by atoms with E-state index >= 15 is 0 Å². The summed E-state index contributed by atoms with van der Waals surface area (Å²) in [7, 11) is 0. The molecule has 1 aliphatic rings. The van der Waals surface area contributed by atoms with Crippen molar-refractivity contribution in [3.05, 3.63) is 18.0 Å². The third-order valence-corrected chi connectivity index (χ3v) is 3.87. The van der Waals surface area contributed by atoms with Crippen molar-refractivity contribution < 1.29 is 0 Å². The fourth-order valence-corrected chi connectivity index (χ4v) is 2.86. The van der Waals surface area contributed by atoms with Gasteiger partial charge in [0.2, 0.25) is 0 Å². The zero-order valence-corrected chi connectivity index (χ0v) is 10.8. The van der Waals surface area contributed by atoms with Crippen LogP contribution < -0.4 is 5.73 Å². The number of nitrogens with zero attached hydrogens (tertiary/aromatic N) is 2. The molecule has 2 N–H and O–H groups in total. The second-order valence-electron chi connectivity index (χ2n) is 6.03. The van der Waals surface area contributed by atoms with Crippen LogP contribution in [0.25, 0.3) is 0 Å². The van der Waals surface area contributed by atoms with E-state index in [-0.39, 0.29) is 0 Å². The molecule has 2 rings (SSSR count). The predicted octanol–water partition coefficient (Wildman–Crippen LogP) is 2.24. The second kappa shape index (κ2) is 3.88. The Morgan fingerprint density at radius 2 is 2.19 bits per heavy atom. The Bertz CT molecular complexity index is 365. The van der Waals surface area contributed by atoms with Gasteiger partial charge < -0.3 is 5.73 Å². The fraction of sp³-hybridized carbons (Fsp3) is 0.769. The molecule has 0 amide bonds. The molecule has 1 aliphatic carbocycles. The van der Waals surface area contributed by atoms with Gasteiger partial charge in [-0.3, -0.25) is 4.68 Å². The maximum atomic E-state index is 5.80. The van der Waals surface area contributed by atoms with Crippen LogP contribution in [0.4, 0.5) is 0 Å². The Hall–Kier alpha value is -0.830. The van der Waals surface area contributed by atoms with Gasteiger partial charge >= 0.3 is 0 Å². The number of rotatable bonds is 4. The first-order valence-corrected chi connectivity index (χ1v) is 6.19. The van der Waals surface area contributed by atoms with Crippen LogP contribution in [-0.4, -0.2) is 16.3 Å². The van der Waals surface area contributed by atoms with Crippen LogP contribution in [0.2, 0.25) is 0 Å². The minimum atomic E-state index is 0.362. The lowest BCUT2D eigenvalue weighted by molar-refractivity contribution is 0.482. The van der Waals surface area contributed by atoms with E-state index in [9.17, 15) is 0 Å². The molecule has 0 unspecified atom stereocenters. The molecule has 0 bridgehead atoms. The highest BCUT2D eigenvalue weighted by atomic mass is 15.3. The molecular formula is C13H23N3. The van der Waals surface area contributed by atoms with Crippen molar-refractivity contribution in [2.45, 2.75) is 40.2 Å². The Morgan fingerprint density at radius 1 is 1.50 bits per heavy atom. The average molecular weight is 221 g/mol. The Labute approximate surface area is 98.0 Å². The van der Waals surface area contributed by atoms with Crippen molar-refractivity contribution in [2.24, 2.45) is 23.0 Å². The van der Waals surface area contributed by atoms with Crippen molar-refractivity contribution in [2.75, 3.05) is 6.54 Å². The van der Waals surface area contributed by atoms with Gasteiger partial charge in [-0.1, -0.05) is 27.7 Å². The van der Waals surface area contributed by atoms with Crippen LogP contribution in [-0.2, 0) is 6.54 Å². The van der Waals surface area contributed by atoms with E-state index in [1.54, 1.807) is 0 Å². The van der Waals surface area contributed by atoms with Crippen LogP contribution in [0.5, 0.6) is 0 Å². The predicted molar refractivity (Wildman–Crippen MR) is 66.1 cm³/mol. The van der Waals surface area contributed by atoms with Crippen molar-refractivity contribution in [3.63, 3.8) is 0 Å². The number of hydrogen-bond acceptors (Lipinski definition) is 2. The van der Waals surface area contributed by atoms with E-state index in [2.05, 4.69) is 43.7 Å². The molecular weight excluding hydrogens is 198 g/mol. The smallest absolute Gasteiger partial charge is 0.0524 e. The van der Waals surface area contributed by atoms with Crippen molar-refractivity contribution in [1.82, 2.24) is 9.78 Å². The molecule has 0 saturated heterocycles. The third-order valence-electron chi connectivity index (χ3n) is 3.87. The molecule has 0 radical (unpaired) electrons. The van der Waals surface area contributed by atoms with E-state index in [4.69, 9.17) is 5.73 Å². The van der Waals surface area contributed by atoms with Gasteiger partial charge in [-0.15, -0.1) is 0 Å². The summed E-state index contributed by atoms with van der Waals surface area (Å²) in [6.45, 7) is 10.8. The molecule has 0 spiro atoms. The minimum absolute atomic E-state index is 0.362. The van der Waals surface area contributed by atoms with Gasteiger partial charge in [0.1, 0.15) is 0 Å². The van der Waals surface area contributed by atoms with Gasteiger partial charge in [0.05, 0.1) is 6.20 Å². The highest BCUT2D eigenvalue weighted by molar-refractivity contribution is 5.28. The number of hydrogen-bond donors (Lipinski definition) is 1. The molecule has 1 heterocycles. The normalized spacial score (nSPS) is 27.4. The monoisotopic (exact) mass is 221 g/mol. The number of nitrogens with two attached hydrogens (primary N) is 1. The first kappa shape index (κ1) is 11.6. The summed E-state index contributed by atoms with van der Waals surface area (Å²) >= 11 is 0. The largest absolute Gasteiger partial charge is 0.330 e. The summed E-state index contributed by atoms with van der Waals surface area (Å²) in [5.41, 5.74) is 7.52. The molecule has 16 heavy (non-hydrogen) atoms. The van der Waals surface area contributed by atoms with Crippen LogP contribution in [0.1, 0.15) is 39.2 Å². The molecule has 3 nitrogen and oxygen atoms in total. The van der Waals surface area contributed by atoms with Gasteiger partial charge in [0, 0.05) is 12.7 Å². The minimum Gasteiger partial charge on any atom is -0.330 e. The summed E-state index contributed by atoms with van der Waals surface area (Å²) in [5.74, 6) is 1.88. The molecule has 1 fully saturated rings. The standard InChI is InChI=1S/C13H23N3/c1-9(2)7-16-8-10(6-15-16)12-11(5-14)13(12,3)4/h6,8-9,11-12H,5,7,14H2,1-4H3/t11-,12-/m1/s1. The third kappa shape index (κ3) is 1.88. The van der Waals surface area contributed by atoms with Crippen LogP contribution >= 0.6 is 0 Å². The van der Waals surface area contributed by atoms with Crippen LogP contribution in [0.15, 0.2) is 12.4 Å². The molecule has 1 saturated carbocycles. The topological polar surface area (TPSA) is 43.8 Å². The summed E-state index contributed by atoms with van der Waals surface area (Å²) in [6.07, 6.45) is 4.21. The summed E-state index contributed by atoms with van der Waals surface area (Å²) in [5, 5.41) is 4.43. The maximum absolute atomic E-state index is 5.80. The molecule has 0 aromatic carbocycles. The Kier molecular flexibility index (Phi) is 2.82. The lowest BCUT2D eigenvalue weighted by atomic mass is 10.1. The zero-order valence-electron chi connectivity index (χ0n) is 10.8. The maximum Gasteiger partial charge on any atom is 0.0524 e. The number of aromatic nitrogens is 2. The second-order valence-corrected chi connectivity index (χ2v) is 6.03. The average Bonchev–Trinajstić information content (AvgIpc) is 2.55. The highest BCUT2D eigenvalue weighted by Gasteiger charge is 2.57. The van der Waals surface area contributed by atoms with Crippen molar-refractivity contribution in [1.29, 1.82) is 0 Å². The lowest BCUT2D eigenvalue weighted by Crippen LogP contribution is -2.05. The first-order chi connectivity index (χ1) is 7.46.